The molecule has 5 nitrogen and oxygen atoms in total. The van der Waals surface area contributed by atoms with Crippen LogP contribution in [0.3, 0.4) is 0 Å². The average molecular weight is 332 g/mol. The van der Waals surface area contributed by atoms with E-state index in [4.69, 9.17) is 4.74 Å². The molecule has 132 valence electrons. The third-order valence-electron chi connectivity index (χ3n) is 4.52. The zero-order chi connectivity index (χ0) is 17.9. The van der Waals surface area contributed by atoms with Gasteiger partial charge in [0.2, 0.25) is 11.8 Å². The molecule has 1 aromatic carbocycles. The van der Waals surface area contributed by atoms with Crippen molar-refractivity contribution in [3.8, 4) is 0 Å². The zero-order valence-electron chi connectivity index (χ0n) is 15.3. The van der Waals surface area contributed by atoms with E-state index in [1.807, 2.05) is 12.1 Å². The van der Waals surface area contributed by atoms with Crippen LogP contribution >= 0.6 is 0 Å². The van der Waals surface area contributed by atoms with Crippen molar-refractivity contribution in [1.82, 2.24) is 9.80 Å². The number of rotatable bonds is 5. The van der Waals surface area contributed by atoms with Gasteiger partial charge >= 0.3 is 0 Å². The summed E-state index contributed by atoms with van der Waals surface area (Å²) in [5.41, 5.74) is 2.40. The number of methoxy groups -OCH3 is 1. The quantitative estimate of drug-likeness (QED) is 0.830. The van der Waals surface area contributed by atoms with Crippen LogP contribution in [0.1, 0.15) is 38.8 Å². The molecule has 1 aromatic rings. The molecule has 0 N–H and O–H groups in total. The minimum absolute atomic E-state index is 0.0156. The van der Waals surface area contributed by atoms with Crippen LogP contribution in [-0.2, 0) is 26.3 Å². The summed E-state index contributed by atoms with van der Waals surface area (Å²) in [6, 6.07) is 7.85. The Morgan fingerprint density at radius 3 is 2.33 bits per heavy atom. The van der Waals surface area contributed by atoms with Crippen LogP contribution in [0.25, 0.3) is 0 Å². The van der Waals surface area contributed by atoms with Gasteiger partial charge in [-0.25, -0.2) is 0 Å². The molecule has 1 saturated heterocycles. The summed E-state index contributed by atoms with van der Waals surface area (Å²) in [5.74, 6) is -0.0314. The van der Waals surface area contributed by atoms with Gasteiger partial charge in [-0.05, 0) is 23.5 Å². The normalized spacial score (nSPS) is 19.1. The van der Waals surface area contributed by atoms with Crippen molar-refractivity contribution in [1.29, 1.82) is 0 Å². The van der Waals surface area contributed by atoms with Crippen molar-refractivity contribution < 1.29 is 14.3 Å². The van der Waals surface area contributed by atoms with Crippen molar-refractivity contribution in [2.45, 2.75) is 45.7 Å². The lowest BCUT2D eigenvalue weighted by molar-refractivity contribution is -0.156. The third kappa shape index (κ3) is 4.15. The Bertz CT molecular complexity index is 590. The second-order valence-electron chi connectivity index (χ2n) is 7.40. The first-order chi connectivity index (χ1) is 11.2. The van der Waals surface area contributed by atoms with E-state index in [9.17, 15) is 9.59 Å². The highest BCUT2D eigenvalue weighted by Gasteiger charge is 2.36. The maximum atomic E-state index is 12.4. The number of benzene rings is 1. The van der Waals surface area contributed by atoms with Crippen LogP contribution in [0, 0.1) is 0 Å². The van der Waals surface area contributed by atoms with Gasteiger partial charge < -0.3 is 14.5 Å². The molecule has 1 aliphatic rings. The Morgan fingerprint density at radius 2 is 1.79 bits per heavy atom. The number of carbonyl (C=O) groups is 2. The number of hydrogen-bond donors (Lipinski definition) is 0. The van der Waals surface area contributed by atoms with Gasteiger partial charge in [-0.15, -0.1) is 0 Å². The monoisotopic (exact) mass is 332 g/mol. The molecule has 1 aliphatic heterocycles. The summed E-state index contributed by atoms with van der Waals surface area (Å²) in [6.45, 7) is 9.81. The molecule has 1 heterocycles. The number of piperazine rings is 1. The molecule has 0 saturated carbocycles. The molecule has 0 radical (unpaired) electrons. The van der Waals surface area contributed by atoms with Gasteiger partial charge in [-0.2, -0.15) is 0 Å². The Kier molecular flexibility index (Phi) is 5.65. The minimum atomic E-state index is -0.439. The van der Waals surface area contributed by atoms with E-state index in [0.29, 0.717) is 19.7 Å². The molecule has 1 fully saturated rings. The van der Waals surface area contributed by atoms with Crippen molar-refractivity contribution >= 4 is 11.8 Å². The highest BCUT2D eigenvalue weighted by atomic mass is 16.5. The topological polar surface area (TPSA) is 49.9 Å². The van der Waals surface area contributed by atoms with Gasteiger partial charge in [0.25, 0.3) is 0 Å². The standard InChI is InChI=1S/C19H28N2O3/c1-14-18(23)20(10-11-24-5)13-17(22)21(14)12-15-6-8-16(9-7-15)19(2,3)4/h6-9,14H,10-13H2,1-5H3/t14-/m0/s1. The lowest BCUT2D eigenvalue weighted by atomic mass is 9.86. The van der Waals surface area contributed by atoms with Crippen LogP contribution in [0.15, 0.2) is 24.3 Å². The molecule has 2 rings (SSSR count). The molecular formula is C19H28N2O3. The summed E-state index contributed by atoms with van der Waals surface area (Å²) in [4.78, 5) is 28.1. The van der Waals surface area contributed by atoms with Gasteiger partial charge in [0.15, 0.2) is 0 Å². The number of carbonyl (C=O) groups excluding carboxylic acids is 2. The summed E-state index contributed by atoms with van der Waals surface area (Å²) in [7, 11) is 1.59. The maximum Gasteiger partial charge on any atom is 0.245 e. The number of hydrogen-bond acceptors (Lipinski definition) is 3. The smallest absolute Gasteiger partial charge is 0.245 e. The van der Waals surface area contributed by atoms with Crippen molar-refractivity contribution in [3.05, 3.63) is 35.4 Å². The van der Waals surface area contributed by atoms with E-state index in [1.54, 1.807) is 23.8 Å². The first-order valence-electron chi connectivity index (χ1n) is 8.40. The molecule has 0 spiro atoms. The molecule has 0 bridgehead atoms. The maximum absolute atomic E-state index is 12.4. The van der Waals surface area contributed by atoms with Crippen LogP contribution in [0.5, 0.6) is 0 Å². The molecule has 24 heavy (non-hydrogen) atoms. The lowest BCUT2D eigenvalue weighted by Crippen LogP contribution is -2.58. The zero-order valence-corrected chi connectivity index (χ0v) is 15.3. The predicted molar refractivity (Wildman–Crippen MR) is 93.6 cm³/mol. The SMILES string of the molecule is COCCN1CC(=O)N(Cc2ccc(C(C)(C)C)cc2)[C@@H](C)C1=O. The Labute approximate surface area is 144 Å². The fourth-order valence-electron chi connectivity index (χ4n) is 2.87. The summed E-state index contributed by atoms with van der Waals surface area (Å²) >= 11 is 0. The van der Waals surface area contributed by atoms with Crippen LogP contribution < -0.4 is 0 Å². The summed E-state index contributed by atoms with van der Waals surface area (Å²) in [5, 5.41) is 0. The minimum Gasteiger partial charge on any atom is -0.383 e. The highest BCUT2D eigenvalue weighted by Crippen LogP contribution is 2.23. The van der Waals surface area contributed by atoms with E-state index in [0.717, 1.165) is 5.56 Å². The van der Waals surface area contributed by atoms with E-state index in [-0.39, 0.29) is 23.8 Å². The number of amides is 2. The van der Waals surface area contributed by atoms with Crippen LogP contribution in [0.4, 0.5) is 0 Å². The van der Waals surface area contributed by atoms with Crippen LogP contribution in [0.2, 0.25) is 0 Å². The van der Waals surface area contributed by atoms with E-state index < -0.39 is 6.04 Å². The first-order valence-corrected chi connectivity index (χ1v) is 8.40. The van der Waals surface area contributed by atoms with Crippen molar-refractivity contribution in [3.63, 3.8) is 0 Å². The van der Waals surface area contributed by atoms with Gasteiger partial charge in [-0.1, -0.05) is 45.0 Å². The number of ether oxygens (including phenoxy) is 1. The van der Waals surface area contributed by atoms with Gasteiger partial charge in [-0.3, -0.25) is 9.59 Å². The van der Waals surface area contributed by atoms with Crippen molar-refractivity contribution in [2.24, 2.45) is 0 Å². The Morgan fingerprint density at radius 1 is 1.17 bits per heavy atom. The Balaban J connectivity index is 2.07. The van der Waals surface area contributed by atoms with Gasteiger partial charge in [0.05, 0.1) is 13.2 Å². The van der Waals surface area contributed by atoms with E-state index in [2.05, 4.69) is 32.9 Å². The lowest BCUT2D eigenvalue weighted by Gasteiger charge is -2.38. The van der Waals surface area contributed by atoms with E-state index >= 15 is 0 Å². The molecule has 0 aromatic heterocycles. The number of nitrogens with zero attached hydrogens (tertiary/aromatic N) is 2. The summed E-state index contributed by atoms with van der Waals surface area (Å²) in [6.07, 6.45) is 0. The molecular weight excluding hydrogens is 304 g/mol. The van der Waals surface area contributed by atoms with Gasteiger partial charge in [0.1, 0.15) is 6.04 Å². The second kappa shape index (κ2) is 7.34. The molecule has 1 atom stereocenters. The molecule has 5 heteroatoms. The fraction of sp³-hybridized carbons (Fsp3) is 0.579. The fourth-order valence-corrected chi connectivity index (χ4v) is 2.87. The van der Waals surface area contributed by atoms with Crippen LogP contribution in [-0.4, -0.2) is 54.5 Å². The molecule has 0 aliphatic carbocycles. The van der Waals surface area contributed by atoms with Gasteiger partial charge in [0, 0.05) is 20.2 Å². The van der Waals surface area contributed by atoms with E-state index in [1.165, 1.54) is 5.56 Å². The summed E-state index contributed by atoms with van der Waals surface area (Å²) < 4.78 is 5.01. The largest absolute Gasteiger partial charge is 0.383 e. The third-order valence-corrected chi connectivity index (χ3v) is 4.52. The Hall–Kier alpha value is -1.88. The molecule has 2 amide bonds. The first kappa shape index (κ1) is 18.5. The second-order valence-corrected chi connectivity index (χ2v) is 7.40. The van der Waals surface area contributed by atoms with Crippen molar-refractivity contribution in [2.75, 3.05) is 26.8 Å². The average Bonchev–Trinajstić information content (AvgIpc) is 2.53. The molecule has 0 unspecified atom stereocenters. The predicted octanol–water partition coefficient (Wildman–Crippen LogP) is 2.19. The highest BCUT2D eigenvalue weighted by molar-refractivity contribution is 5.94.